The molecule has 0 saturated heterocycles. The van der Waals surface area contributed by atoms with Crippen LogP contribution >= 0.6 is 0 Å². The third-order valence-corrected chi connectivity index (χ3v) is 11.6. The largest absolute Gasteiger partial charge is 0.462 e. The summed E-state index contributed by atoms with van der Waals surface area (Å²) in [6.45, 7) is 6.44. The van der Waals surface area contributed by atoms with Gasteiger partial charge in [-0.2, -0.15) is 0 Å². The smallest absolute Gasteiger partial charge is 0.306 e. The first kappa shape index (κ1) is 66.6. The van der Waals surface area contributed by atoms with Gasteiger partial charge in [0.05, 0.1) is 0 Å². The molecule has 0 aromatic rings. The molecule has 0 bridgehead atoms. The van der Waals surface area contributed by atoms with Crippen molar-refractivity contribution in [3.8, 4) is 0 Å². The molecule has 6 nitrogen and oxygen atoms in total. The van der Waals surface area contributed by atoms with Crippen molar-refractivity contribution in [2.45, 2.75) is 245 Å². The van der Waals surface area contributed by atoms with Crippen LogP contribution in [-0.2, 0) is 28.6 Å². The molecular formula is C65H104O6. The van der Waals surface area contributed by atoms with Crippen LogP contribution < -0.4 is 0 Å². The molecule has 71 heavy (non-hydrogen) atoms. The minimum absolute atomic E-state index is 0.128. The van der Waals surface area contributed by atoms with Gasteiger partial charge in [-0.1, -0.05) is 219 Å². The molecule has 0 aromatic heterocycles. The highest BCUT2D eigenvalue weighted by molar-refractivity contribution is 5.71. The van der Waals surface area contributed by atoms with Crippen molar-refractivity contribution in [1.82, 2.24) is 0 Å². The second-order valence-corrected chi connectivity index (χ2v) is 18.5. The van der Waals surface area contributed by atoms with Crippen molar-refractivity contribution in [3.05, 3.63) is 134 Å². The van der Waals surface area contributed by atoms with E-state index in [2.05, 4.69) is 154 Å². The van der Waals surface area contributed by atoms with Crippen LogP contribution in [0.25, 0.3) is 0 Å². The zero-order valence-electron chi connectivity index (χ0n) is 45.7. The van der Waals surface area contributed by atoms with Crippen LogP contribution in [-0.4, -0.2) is 37.2 Å². The van der Waals surface area contributed by atoms with Gasteiger partial charge in [-0.15, -0.1) is 0 Å². The van der Waals surface area contributed by atoms with Crippen LogP contribution in [0.5, 0.6) is 0 Å². The second-order valence-electron chi connectivity index (χ2n) is 18.5. The Morgan fingerprint density at radius 2 is 0.521 bits per heavy atom. The molecule has 0 amide bonds. The van der Waals surface area contributed by atoms with E-state index < -0.39 is 6.10 Å². The quantitative estimate of drug-likeness (QED) is 0.0262. The van der Waals surface area contributed by atoms with Crippen LogP contribution in [0, 0.1) is 0 Å². The molecule has 0 radical (unpaired) electrons. The number of hydrogen-bond acceptors (Lipinski definition) is 6. The fraction of sp³-hybridized carbons (Fsp3) is 0.615. The van der Waals surface area contributed by atoms with Gasteiger partial charge in [0, 0.05) is 19.3 Å². The molecule has 0 unspecified atom stereocenters. The summed E-state index contributed by atoms with van der Waals surface area (Å²) in [5, 5.41) is 0. The van der Waals surface area contributed by atoms with E-state index in [1.807, 2.05) is 0 Å². The highest BCUT2D eigenvalue weighted by atomic mass is 16.6. The standard InChI is InChI=1S/C65H104O6/c1-4-7-10-13-16-19-22-25-28-31-32-35-37-40-43-46-49-52-55-58-64(67)70-61-62(71-65(68)59-56-53-50-47-44-41-38-34-30-27-24-21-18-15-12-9-6-3)60-69-63(66)57-54-51-48-45-42-39-36-33-29-26-23-20-17-14-11-8-5-2/h16-21,25-30,32,35-36,38-39,41,45,47-48,50,62H,4-15,22-24,31,33-34,37,40,42-44,46,49,51-61H2,1-3H3/b19-16-,20-17-,21-18-,28-25-,29-26-,30-27-,35-32-,39-36-,41-38-,48-45-,50-47-/t62-/m1/s1. The molecule has 6 heteroatoms. The SMILES string of the molecule is CCCCC/C=C\C/C=C\C/C=C\C/C=C\CCCC(=O)OC[C@H](COC(=O)CCCCCCCC/C=C\C/C=C\C/C=C\CCCCC)OC(=O)CCC/C=C\C/C=C\C/C=C\C/C=C\CCCCC. The summed E-state index contributed by atoms with van der Waals surface area (Å²) < 4.78 is 16.8. The molecule has 0 saturated carbocycles. The van der Waals surface area contributed by atoms with E-state index in [4.69, 9.17) is 14.2 Å². The van der Waals surface area contributed by atoms with Crippen molar-refractivity contribution in [2.24, 2.45) is 0 Å². The molecule has 0 fully saturated rings. The van der Waals surface area contributed by atoms with E-state index in [-0.39, 0.29) is 44.0 Å². The van der Waals surface area contributed by atoms with E-state index in [0.717, 1.165) is 96.3 Å². The van der Waals surface area contributed by atoms with Gasteiger partial charge >= 0.3 is 17.9 Å². The summed E-state index contributed by atoms with van der Waals surface area (Å²) in [4.78, 5) is 38.1. The average Bonchev–Trinajstić information content (AvgIpc) is 3.37. The Kier molecular flexibility index (Phi) is 54.5. The van der Waals surface area contributed by atoms with Crippen molar-refractivity contribution in [2.75, 3.05) is 13.2 Å². The van der Waals surface area contributed by atoms with E-state index in [1.165, 1.54) is 89.9 Å². The van der Waals surface area contributed by atoms with Crippen molar-refractivity contribution in [1.29, 1.82) is 0 Å². The van der Waals surface area contributed by atoms with E-state index in [9.17, 15) is 14.4 Å². The predicted octanol–water partition coefficient (Wildman–Crippen LogP) is 19.4. The van der Waals surface area contributed by atoms with Gasteiger partial charge in [0.1, 0.15) is 13.2 Å². The Labute approximate surface area is 436 Å². The summed E-state index contributed by atoms with van der Waals surface area (Å²) in [6, 6.07) is 0. The number of esters is 3. The Bertz CT molecular complexity index is 1550. The molecule has 0 rings (SSSR count). The number of ether oxygens (including phenoxy) is 3. The second kappa shape index (κ2) is 58.1. The topological polar surface area (TPSA) is 78.9 Å². The molecule has 0 heterocycles. The first-order valence-electron chi connectivity index (χ1n) is 28.7. The molecular weight excluding hydrogens is 877 g/mol. The minimum atomic E-state index is -0.840. The third kappa shape index (κ3) is 56.3. The lowest BCUT2D eigenvalue weighted by molar-refractivity contribution is -0.167. The number of carbonyl (C=O) groups excluding carboxylic acids is 3. The van der Waals surface area contributed by atoms with Gasteiger partial charge in [-0.25, -0.2) is 0 Å². The predicted molar refractivity (Wildman–Crippen MR) is 306 cm³/mol. The lowest BCUT2D eigenvalue weighted by Crippen LogP contribution is -2.30. The van der Waals surface area contributed by atoms with E-state index in [0.29, 0.717) is 19.3 Å². The molecule has 0 aliphatic carbocycles. The molecule has 1 atom stereocenters. The highest BCUT2D eigenvalue weighted by Gasteiger charge is 2.19. The maximum absolute atomic E-state index is 12.8. The first-order valence-corrected chi connectivity index (χ1v) is 28.7. The average molecular weight is 982 g/mol. The first-order chi connectivity index (χ1) is 35.0. The van der Waals surface area contributed by atoms with Crippen LogP contribution in [0.2, 0.25) is 0 Å². The van der Waals surface area contributed by atoms with Gasteiger partial charge in [0.25, 0.3) is 0 Å². The number of unbranched alkanes of at least 4 members (excludes halogenated alkanes) is 17. The van der Waals surface area contributed by atoms with Crippen LogP contribution in [0.3, 0.4) is 0 Å². The summed E-state index contributed by atoms with van der Waals surface area (Å²) in [7, 11) is 0. The molecule has 0 aliphatic heterocycles. The Balaban J connectivity index is 4.60. The Hall–Kier alpha value is -4.45. The summed E-state index contributed by atoms with van der Waals surface area (Å²) in [5.74, 6) is -1.06. The van der Waals surface area contributed by atoms with Crippen LogP contribution in [0.1, 0.15) is 239 Å². The number of carbonyl (C=O) groups is 3. The highest BCUT2D eigenvalue weighted by Crippen LogP contribution is 2.12. The number of hydrogen-bond donors (Lipinski definition) is 0. The summed E-state index contributed by atoms with van der Waals surface area (Å²) in [5.41, 5.74) is 0. The minimum Gasteiger partial charge on any atom is -0.462 e. The lowest BCUT2D eigenvalue weighted by Gasteiger charge is -2.18. The fourth-order valence-electron chi connectivity index (χ4n) is 7.26. The molecule has 0 aliphatic rings. The van der Waals surface area contributed by atoms with Crippen LogP contribution in [0.15, 0.2) is 134 Å². The van der Waals surface area contributed by atoms with E-state index in [1.54, 1.807) is 0 Å². The Morgan fingerprint density at radius 1 is 0.282 bits per heavy atom. The maximum atomic E-state index is 12.8. The van der Waals surface area contributed by atoms with Gasteiger partial charge in [0.15, 0.2) is 6.10 Å². The van der Waals surface area contributed by atoms with Gasteiger partial charge < -0.3 is 14.2 Å². The number of allylic oxidation sites excluding steroid dienone is 22. The lowest BCUT2D eigenvalue weighted by atomic mass is 10.1. The molecule has 0 N–H and O–H groups in total. The van der Waals surface area contributed by atoms with Gasteiger partial charge in [-0.3, -0.25) is 14.4 Å². The van der Waals surface area contributed by atoms with Crippen LogP contribution in [0.4, 0.5) is 0 Å². The van der Waals surface area contributed by atoms with Crippen molar-refractivity contribution in [3.63, 3.8) is 0 Å². The molecule has 400 valence electrons. The normalized spacial score (nSPS) is 13.1. The zero-order valence-corrected chi connectivity index (χ0v) is 45.7. The monoisotopic (exact) mass is 981 g/mol. The molecule has 0 aromatic carbocycles. The van der Waals surface area contributed by atoms with E-state index >= 15 is 0 Å². The third-order valence-electron chi connectivity index (χ3n) is 11.6. The Morgan fingerprint density at radius 3 is 0.845 bits per heavy atom. The fourth-order valence-corrected chi connectivity index (χ4v) is 7.26. The number of rotatable bonds is 50. The molecule has 0 spiro atoms. The zero-order chi connectivity index (χ0) is 51.4. The maximum Gasteiger partial charge on any atom is 0.306 e. The van der Waals surface area contributed by atoms with Crippen molar-refractivity contribution >= 4 is 17.9 Å². The van der Waals surface area contributed by atoms with Gasteiger partial charge in [-0.05, 0) is 135 Å². The summed E-state index contributed by atoms with van der Waals surface area (Å²) >= 11 is 0. The van der Waals surface area contributed by atoms with Gasteiger partial charge in [0.2, 0.25) is 0 Å². The van der Waals surface area contributed by atoms with Crippen molar-refractivity contribution < 1.29 is 28.6 Å². The summed E-state index contributed by atoms with van der Waals surface area (Å²) in [6.07, 6.45) is 81.6.